The van der Waals surface area contributed by atoms with Crippen molar-refractivity contribution < 1.29 is 57.2 Å². The molecule has 0 saturated heterocycles. The van der Waals surface area contributed by atoms with Gasteiger partial charge in [0.05, 0.1) is 65.7 Å². The molecular weight excluding hydrogens is 674 g/mol. The highest BCUT2D eigenvalue weighted by molar-refractivity contribution is 6.12. The van der Waals surface area contributed by atoms with Gasteiger partial charge in [-0.15, -0.1) is 0 Å². The van der Waals surface area contributed by atoms with E-state index in [9.17, 15) is 28.8 Å². The number of fused-ring (bicyclic) bond motifs is 5. The molecule has 0 aliphatic heterocycles. The third-order valence-corrected chi connectivity index (χ3v) is 12.3. The van der Waals surface area contributed by atoms with Crippen molar-refractivity contribution >= 4 is 35.2 Å². The number of hydrogen-bond donors (Lipinski definition) is 1. The Morgan fingerprint density at radius 1 is 0.673 bits per heavy atom. The minimum absolute atomic E-state index is 0.0326. The number of ketones is 3. The molecule has 5 aliphatic carbocycles. The molecule has 1 amide bonds. The molecule has 6 unspecified atom stereocenters. The largest absolute Gasteiger partial charge is 0.462 e. The van der Waals surface area contributed by atoms with Gasteiger partial charge >= 0.3 is 11.9 Å². The van der Waals surface area contributed by atoms with Gasteiger partial charge in [-0.3, -0.25) is 28.8 Å². The van der Waals surface area contributed by atoms with E-state index in [-0.39, 0.29) is 91.5 Å². The fraction of sp³-hybridized carbons (Fsp3) is 0.795. The van der Waals surface area contributed by atoms with E-state index in [1.165, 1.54) is 5.57 Å². The van der Waals surface area contributed by atoms with Crippen LogP contribution in [0.5, 0.6) is 0 Å². The van der Waals surface area contributed by atoms with Crippen molar-refractivity contribution in [3.63, 3.8) is 0 Å². The highest BCUT2D eigenvalue weighted by Gasteiger charge is 2.60. The molecular formula is C39H57NO12. The van der Waals surface area contributed by atoms with Crippen molar-refractivity contribution in [2.75, 3.05) is 59.4 Å². The molecule has 4 fully saturated rings. The quantitative estimate of drug-likeness (QED) is 0.110. The maximum absolute atomic E-state index is 12.8. The third-order valence-electron chi connectivity index (χ3n) is 12.3. The van der Waals surface area contributed by atoms with Crippen LogP contribution in [0.1, 0.15) is 97.3 Å². The normalized spacial score (nSPS) is 30.0. The van der Waals surface area contributed by atoms with Crippen molar-refractivity contribution in [3.05, 3.63) is 11.6 Å². The fourth-order valence-corrected chi connectivity index (χ4v) is 9.42. The van der Waals surface area contributed by atoms with Crippen LogP contribution in [0.4, 0.5) is 0 Å². The van der Waals surface area contributed by atoms with Crippen LogP contribution in [0.2, 0.25) is 0 Å². The van der Waals surface area contributed by atoms with Crippen LogP contribution in [0.3, 0.4) is 0 Å². The number of Topliss-reactive ketones (excluding diaryl/α,β-unsaturated/α-hetero) is 2. The Bertz CT molecular complexity index is 1330. The number of amides is 1. The zero-order valence-electron chi connectivity index (χ0n) is 30.9. The summed E-state index contributed by atoms with van der Waals surface area (Å²) in [5.74, 6) is 0.140. The van der Waals surface area contributed by atoms with Crippen LogP contribution in [0, 0.1) is 28.6 Å². The summed E-state index contributed by atoms with van der Waals surface area (Å²) >= 11 is 0. The number of esters is 2. The Kier molecular flexibility index (Phi) is 14.6. The number of ether oxygens (including phenoxy) is 6. The number of hydrogen-bond acceptors (Lipinski definition) is 12. The maximum Gasteiger partial charge on any atom is 0.309 e. The van der Waals surface area contributed by atoms with Crippen LogP contribution in [0.25, 0.3) is 0 Å². The second kappa shape index (κ2) is 18.9. The van der Waals surface area contributed by atoms with Gasteiger partial charge < -0.3 is 33.7 Å². The van der Waals surface area contributed by atoms with E-state index in [1.807, 2.05) is 6.08 Å². The lowest BCUT2D eigenvalue weighted by Gasteiger charge is -2.57. The number of nitrogens with one attached hydrogen (secondary N) is 1. The molecule has 0 bridgehead atoms. The van der Waals surface area contributed by atoms with Gasteiger partial charge in [0.1, 0.15) is 6.10 Å². The predicted octanol–water partition coefficient (Wildman–Crippen LogP) is 3.63. The van der Waals surface area contributed by atoms with Crippen molar-refractivity contribution in [2.45, 2.75) is 110 Å². The number of rotatable bonds is 20. The summed E-state index contributed by atoms with van der Waals surface area (Å²) < 4.78 is 32.6. The molecule has 13 nitrogen and oxygen atoms in total. The summed E-state index contributed by atoms with van der Waals surface area (Å²) in [6.07, 6.45) is 8.74. The lowest BCUT2D eigenvalue weighted by atomic mass is 9.47. The molecule has 0 aromatic heterocycles. The van der Waals surface area contributed by atoms with Gasteiger partial charge in [-0.25, -0.2) is 0 Å². The molecule has 0 aromatic rings. The predicted molar refractivity (Wildman–Crippen MR) is 186 cm³/mol. The minimum Gasteiger partial charge on any atom is -0.462 e. The van der Waals surface area contributed by atoms with Gasteiger partial charge in [0.2, 0.25) is 12.0 Å². The fourth-order valence-electron chi connectivity index (χ4n) is 9.42. The standard InChI is InChI=1S/C39H57NO12/c1-38-14-11-27(41)25-26(38)3-4-28-29-5-8-33(39(29,2)15-12-30(28)38)51-35(45)10-9-34(44)40-16-18-48-20-22-50-24-23-49-21-19-47-17-13-36(46)52-37-31(42)6-7-32(37)43/h25,28-30,33,37H,3-24H2,1-2H3,(H,40,44). The molecule has 0 spiro atoms. The average molecular weight is 732 g/mol. The summed E-state index contributed by atoms with van der Waals surface area (Å²) in [6, 6.07) is 0. The molecule has 0 heterocycles. The second-order valence-electron chi connectivity index (χ2n) is 15.4. The van der Waals surface area contributed by atoms with Gasteiger partial charge in [-0.2, -0.15) is 0 Å². The Morgan fingerprint density at radius 2 is 1.31 bits per heavy atom. The first-order chi connectivity index (χ1) is 25.0. The Morgan fingerprint density at radius 3 is 2.00 bits per heavy atom. The van der Waals surface area contributed by atoms with Crippen LogP contribution < -0.4 is 5.32 Å². The topological polar surface area (TPSA) is 170 Å². The van der Waals surface area contributed by atoms with E-state index in [0.717, 1.165) is 44.9 Å². The summed E-state index contributed by atoms with van der Waals surface area (Å²) in [4.78, 5) is 72.1. The van der Waals surface area contributed by atoms with Crippen LogP contribution in [-0.4, -0.2) is 107 Å². The van der Waals surface area contributed by atoms with Crippen LogP contribution in [0.15, 0.2) is 11.6 Å². The van der Waals surface area contributed by atoms with Crippen molar-refractivity contribution in [3.8, 4) is 0 Å². The molecule has 52 heavy (non-hydrogen) atoms. The first kappa shape index (κ1) is 40.2. The molecule has 4 saturated carbocycles. The van der Waals surface area contributed by atoms with E-state index in [2.05, 4.69) is 19.2 Å². The lowest BCUT2D eigenvalue weighted by molar-refractivity contribution is -0.160. The molecule has 0 radical (unpaired) electrons. The van der Waals surface area contributed by atoms with Crippen molar-refractivity contribution in [1.82, 2.24) is 5.32 Å². The summed E-state index contributed by atoms with van der Waals surface area (Å²) in [5, 5.41) is 2.79. The summed E-state index contributed by atoms with van der Waals surface area (Å²) in [5.41, 5.74) is 1.46. The van der Waals surface area contributed by atoms with Crippen molar-refractivity contribution in [1.29, 1.82) is 0 Å². The first-order valence-electron chi connectivity index (χ1n) is 19.3. The zero-order chi connectivity index (χ0) is 37.1. The Hall–Kier alpha value is -3.00. The molecule has 1 N–H and O–H groups in total. The zero-order valence-corrected chi connectivity index (χ0v) is 30.9. The Labute approximate surface area is 306 Å². The SMILES string of the molecule is CC12CCC(=O)C=C1CCC1C2CCC2(C)C(OC(=O)CCC(=O)NCCOCCOCCOCCOCCC(=O)OC3C(=O)CCC3=O)CCC12. The molecule has 5 rings (SSSR count). The van der Waals surface area contributed by atoms with E-state index in [0.29, 0.717) is 70.4 Å². The van der Waals surface area contributed by atoms with E-state index in [1.54, 1.807) is 0 Å². The monoisotopic (exact) mass is 731 g/mol. The third kappa shape index (κ3) is 10.1. The van der Waals surface area contributed by atoms with Gasteiger partial charge in [0.15, 0.2) is 17.3 Å². The molecule has 13 heteroatoms. The average Bonchev–Trinajstić information content (AvgIpc) is 3.62. The number of carbonyl (C=O) groups is 6. The van der Waals surface area contributed by atoms with E-state index < -0.39 is 12.1 Å². The molecule has 6 atom stereocenters. The van der Waals surface area contributed by atoms with Gasteiger partial charge in [0, 0.05) is 37.6 Å². The summed E-state index contributed by atoms with van der Waals surface area (Å²) in [7, 11) is 0. The van der Waals surface area contributed by atoms with Gasteiger partial charge in [-0.1, -0.05) is 19.4 Å². The van der Waals surface area contributed by atoms with Crippen molar-refractivity contribution in [2.24, 2.45) is 28.6 Å². The van der Waals surface area contributed by atoms with Crippen LogP contribution in [-0.2, 0) is 57.2 Å². The van der Waals surface area contributed by atoms with E-state index >= 15 is 0 Å². The maximum atomic E-state index is 12.8. The molecule has 0 aromatic carbocycles. The van der Waals surface area contributed by atoms with E-state index in [4.69, 9.17) is 28.4 Å². The van der Waals surface area contributed by atoms with Gasteiger partial charge in [-0.05, 0) is 74.2 Å². The molecule has 5 aliphatic rings. The van der Waals surface area contributed by atoms with Crippen LogP contribution >= 0.6 is 0 Å². The minimum atomic E-state index is -1.25. The highest BCUT2D eigenvalue weighted by Crippen LogP contribution is 2.65. The lowest BCUT2D eigenvalue weighted by Crippen LogP contribution is -2.51. The number of carbonyl (C=O) groups excluding carboxylic acids is 6. The highest BCUT2D eigenvalue weighted by atomic mass is 16.6. The second-order valence-corrected chi connectivity index (χ2v) is 15.4. The Balaban J connectivity index is 0.830. The van der Waals surface area contributed by atoms with Gasteiger partial charge in [0.25, 0.3) is 0 Å². The first-order valence-corrected chi connectivity index (χ1v) is 19.3. The smallest absolute Gasteiger partial charge is 0.309 e. The number of allylic oxidation sites excluding steroid dienone is 1. The molecule has 290 valence electrons. The summed E-state index contributed by atoms with van der Waals surface area (Å²) in [6.45, 7) is 7.50.